The van der Waals surface area contributed by atoms with E-state index >= 15 is 0 Å². The van der Waals surface area contributed by atoms with Crippen LogP contribution in [0.25, 0.3) is 0 Å². The van der Waals surface area contributed by atoms with Gasteiger partial charge in [-0.05, 0) is 49.3 Å². The third-order valence-electron chi connectivity index (χ3n) is 7.03. The lowest BCUT2D eigenvalue weighted by Gasteiger charge is -2.43. The average molecular weight is 367 g/mol. The second-order valence-corrected chi connectivity index (χ2v) is 8.64. The monoisotopic (exact) mass is 367 g/mol. The van der Waals surface area contributed by atoms with Gasteiger partial charge in [-0.2, -0.15) is 0 Å². The summed E-state index contributed by atoms with van der Waals surface area (Å²) in [6.07, 6.45) is 6.65. The molecule has 27 heavy (non-hydrogen) atoms. The Balaban J connectivity index is 1.16. The van der Waals surface area contributed by atoms with Crippen LogP contribution in [0.3, 0.4) is 0 Å². The van der Waals surface area contributed by atoms with Gasteiger partial charge in [0.05, 0.1) is 0 Å². The van der Waals surface area contributed by atoms with Gasteiger partial charge >= 0.3 is 0 Å². The highest BCUT2D eigenvalue weighted by Crippen LogP contribution is 2.49. The number of carbonyl (C=O) groups excluding carboxylic acids is 2. The molecule has 0 spiro atoms. The molecule has 2 aliphatic heterocycles. The maximum Gasteiger partial charge on any atom is 0.227 e. The minimum atomic E-state index is 0.166. The lowest BCUT2D eigenvalue weighted by molar-refractivity contribution is -0.135. The molecule has 4 fully saturated rings. The van der Waals surface area contributed by atoms with Crippen molar-refractivity contribution in [3.8, 4) is 0 Å². The van der Waals surface area contributed by atoms with Crippen LogP contribution < -0.4 is 4.90 Å². The molecule has 5 nitrogen and oxygen atoms in total. The fourth-order valence-corrected chi connectivity index (χ4v) is 4.95. The van der Waals surface area contributed by atoms with Gasteiger partial charge in [0.2, 0.25) is 11.8 Å². The molecule has 0 unspecified atom stereocenters. The van der Waals surface area contributed by atoms with Crippen LogP contribution in [0.4, 0.5) is 5.69 Å². The van der Waals surface area contributed by atoms with E-state index in [1.165, 1.54) is 24.8 Å². The van der Waals surface area contributed by atoms with E-state index in [9.17, 15) is 9.59 Å². The Morgan fingerprint density at radius 1 is 0.926 bits per heavy atom. The molecule has 2 saturated carbocycles. The summed E-state index contributed by atoms with van der Waals surface area (Å²) in [6, 6.07) is 9.13. The molecule has 0 N–H and O–H groups in total. The summed E-state index contributed by atoms with van der Waals surface area (Å²) < 4.78 is 0. The minimum absolute atomic E-state index is 0.166. The molecule has 2 aliphatic carbocycles. The van der Waals surface area contributed by atoms with Crippen molar-refractivity contribution in [2.75, 3.05) is 37.6 Å². The molecule has 5 heteroatoms. The van der Waals surface area contributed by atoms with Crippen LogP contribution in [-0.4, -0.2) is 60.4 Å². The lowest BCUT2D eigenvalue weighted by Crippen LogP contribution is -2.53. The van der Waals surface area contributed by atoms with Gasteiger partial charge in [-0.3, -0.25) is 14.5 Å². The number of piperazine rings is 1. The molecule has 1 aromatic carbocycles. The molecule has 0 radical (unpaired) electrons. The highest BCUT2D eigenvalue weighted by Gasteiger charge is 2.46. The first-order valence-corrected chi connectivity index (χ1v) is 10.6. The molecule has 0 aromatic heterocycles. The molecule has 144 valence electrons. The predicted molar refractivity (Wildman–Crippen MR) is 105 cm³/mol. The minimum Gasteiger partial charge on any atom is -0.340 e. The van der Waals surface area contributed by atoms with E-state index in [0.29, 0.717) is 18.2 Å². The number of amides is 2. The van der Waals surface area contributed by atoms with Gasteiger partial charge in [0.1, 0.15) is 0 Å². The van der Waals surface area contributed by atoms with E-state index in [1.54, 1.807) is 0 Å². The van der Waals surface area contributed by atoms with E-state index in [4.69, 9.17) is 0 Å². The highest BCUT2D eigenvalue weighted by atomic mass is 16.2. The van der Waals surface area contributed by atoms with Crippen LogP contribution in [0.1, 0.15) is 50.0 Å². The van der Waals surface area contributed by atoms with Crippen molar-refractivity contribution in [1.29, 1.82) is 0 Å². The van der Waals surface area contributed by atoms with Crippen LogP contribution in [0.15, 0.2) is 24.3 Å². The highest BCUT2D eigenvalue weighted by molar-refractivity contribution is 5.95. The van der Waals surface area contributed by atoms with Gasteiger partial charge in [0.25, 0.3) is 0 Å². The Morgan fingerprint density at radius 2 is 1.67 bits per heavy atom. The molecular formula is C22H29N3O2. The zero-order valence-electron chi connectivity index (χ0n) is 16.0. The molecular weight excluding hydrogens is 338 g/mol. The molecule has 2 atom stereocenters. The molecule has 1 aromatic rings. The summed E-state index contributed by atoms with van der Waals surface area (Å²) in [5.41, 5.74) is 2.24. The summed E-state index contributed by atoms with van der Waals surface area (Å²) >= 11 is 0. The smallest absolute Gasteiger partial charge is 0.227 e. The van der Waals surface area contributed by atoms with Crippen molar-refractivity contribution in [2.45, 2.75) is 50.5 Å². The van der Waals surface area contributed by atoms with Crippen molar-refractivity contribution in [2.24, 2.45) is 5.92 Å². The van der Waals surface area contributed by atoms with Gasteiger partial charge in [0.15, 0.2) is 0 Å². The van der Waals surface area contributed by atoms with Gasteiger partial charge < -0.3 is 9.80 Å². The number of benzene rings is 1. The molecule has 4 aliphatic rings. The number of anilines is 1. The van der Waals surface area contributed by atoms with Gasteiger partial charge in [-0.25, -0.2) is 0 Å². The normalized spacial score (nSPS) is 29.1. The van der Waals surface area contributed by atoms with Crippen LogP contribution in [0, 0.1) is 5.92 Å². The van der Waals surface area contributed by atoms with Crippen molar-refractivity contribution in [1.82, 2.24) is 9.80 Å². The fraction of sp³-hybridized carbons (Fsp3) is 0.636. The first-order valence-electron chi connectivity index (χ1n) is 10.6. The predicted octanol–water partition coefficient (Wildman–Crippen LogP) is 2.61. The summed E-state index contributed by atoms with van der Waals surface area (Å²) in [7, 11) is 0. The van der Waals surface area contributed by atoms with Crippen LogP contribution in [0.5, 0.6) is 0 Å². The standard InChI is InChI=1S/C22H29N3O2/c26-21-5-2-10-25(21)18-8-6-16(7-9-18)19-15-20(19)22(27)24-13-11-23(12-14-24)17-3-1-4-17/h6-9,17,19-20H,1-5,10-15H2/t19-,20+/m1/s1. The Kier molecular flexibility index (Phi) is 4.43. The summed E-state index contributed by atoms with van der Waals surface area (Å²) in [4.78, 5) is 31.3. The Morgan fingerprint density at radius 3 is 2.26 bits per heavy atom. The zero-order chi connectivity index (χ0) is 18.4. The van der Waals surface area contributed by atoms with Crippen LogP contribution in [-0.2, 0) is 9.59 Å². The second-order valence-electron chi connectivity index (χ2n) is 8.64. The number of rotatable bonds is 4. The van der Waals surface area contributed by atoms with E-state index < -0.39 is 0 Å². The van der Waals surface area contributed by atoms with Crippen molar-refractivity contribution >= 4 is 17.5 Å². The first-order chi connectivity index (χ1) is 13.2. The Hall–Kier alpha value is -1.88. The van der Waals surface area contributed by atoms with E-state index in [1.807, 2.05) is 4.90 Å². The molecule has 0 bridgehead atoms. The zero-order valence-corrected chi connectivity index (χ0v) is 16.0. The number of hydrogen-bond donors (Lipinski definition) is 0. The topological polar surface area (TPSA) is 43.9 Å². The third-order valence-corrected chi connectivity index (χ3v) is 7.03. The number of nitrogens with zero attached hydrogens (tertiary/aromatic N) is 3. The van der Waals surface area contributed by atoms with Crippen molar-refractivity contribution in [3.05, 3.63) is 29.8 Å². The molecule has 2 amide bonds. The lowest BCUT2D eigenvalue weighted by atomic mass is 9.91. The summed E-state index contributed by atoms with van der Waals surface area (Å²) in [5.74, 6) is 1.11. The third kappa shape index (κ3) is 3.27. The summed E-state index contributed by atoms with van der Waals surface area (Å²) in [6.45, 7) is 4.72. The van der Waals surface area contributed by atoms with Crippen LogP contribution in [0.2, 0.25) is 0 Å². The van der Waals surface area contributed by atoms with Gasteiger partial charge in [-0.1, -0.05) is 18.6 Å². The largest absolute Gasteiger partial charge is 0.340 e. The molecule has 5 rings (SSSR count). The average Bonchev–Trinajstić information content (AvgIpc) is 3.34. The van der Waals surface area contributed by atoms with Gasteiger partial charge in [0, 0.05) is 56.8 Å². The Labute approximate surface area is 161 Å². The van der Waals surface area contributed by atoms with E-state index in [2.05, 4.69) is 34.1 Å². The molecule has 2 saturated heterocycles. The molecule has 2 heterocycles. The number of hydrogen-bond acceptors (Lipinski definition) is 3. The summed E-state index contributed by atoms with van der Waals surface area (Å²) in [5, 5.41) is 0. The SMILES string of the molecule is O=C([C@H]1C[C@@H]1c1ccc(N2CCCC2=O)cc1)N1CCN(C2CCC2)CC1. The second kappa shape index (κ2) is 6.93. The quantitative estimate of drug-likeness (QED) is 0.822. The van der Waals surface area contributed by atoms with Crippen molar-refractivity contribution in [3.63, 3.8) is 0 Å². The Bertz CT molecular complexity index is 720. The van der Waals surface area contributed by atoms with E-state index in [-0.39, 0.29) is 11.8 Å². The first kappa shape index (κ1) is 17.2. The van der Waals surface area contributed by atoms with E-state index in [0.717, 1.165) is 57.3 Å². The number of carbonyl (C=O) groups is 2. The maximum atomic E-state index is 12.9. The van der Waals surface area contributed by atoms with Crippen molar-refractivity contribution < 1.29 is 9.59 Å². The maximum absolute atomic E-state index is 12.9. The fourth-order valence-electron chi connectivity index (χ4n) is 4.95. The van der Waals surface area contributed by atoms with Crippen LogP contribution >= 0.6 is 0 Å². The van der Waals surface area contributed by atoms with Gasteiger partial charge in [-0.15, -0.1) is 0 Å².